The number of hydrogen-bond acceptors (Lipinski definition) is 3. The van der Waals surface area contributed by atoms with E-state index in [1.807, 2.05) is 0 Å². The number of nitrogens with one attached hydrogen (secondary N) is 1. The van der Waals surface area contributed by atoms with Gasteiger partial charge in [-0.25, -0.2) is 13.6 Å². The molecule has 3 rings (SSSR count). The summed E-state index contributed by atoms with van der Waals surface area (Å²) in [7, 11) is 1.53. The normalized spacial score (nSPS) is 10.9. The van der Waals surface area contributed by atoms with Crippen molar-refractivity contribution in [2.24, 2.45) is 0 Å². The summed E-state index contributed by atoms with van der Waals surface area (Å²) in [5, 5.41) is -0.0861. The monoisotopic (exact) mass is 318 g/mol. The number of halogens is 2. The molecule has 0 saturated heterocycles. The number of aromatic nitrogens is 2. The number of rotatable bonds is 3. The van der Waals surface area contributed by atoms with E-state index in [0.717, 1.165) is 16.7 Å². The number of H-pyrrole nitrogens is 1. The first kappa shape index (κ1) is 15.0. The van der Waals surface area contributed by atoms with Crippen molar-refractivity contribution in [1.29, 1.82) is 0 Å². The van der Waals surface area contributed by atoms with Crippen molar-refractivity contribution in [1.82, 2.24) is 9.55 Å². The Hall–Kier alpha value is -2.96. The summed E-state index contributed by atoms with van der Waals surface area (Å²) in [6.07, 6.45) is 0. The van der Waals surface area contributed by atoms with E-state index < -0.39 is 28.4 Å². The summed E-state index contributed by atoms with van der Waals surface area (Å²) in [4.78, 5) is 26.6. The topological polar surface area (TPSA) is 64.1 Å². The number of ether oxygens (including phenoxy) is 1. The zero-order valence-corrected chi connectivity index (χ0v) is 12.1. The van der Waals surface area contributed by atoms with Gasteiger partial charge in [-0.2, -0.15) is 0 Å². The maximum absolute atomic E-state index is 13.7. The van der Waals surface area contributed by atoms with Crippen LogP contribution < -0.4 is 16.0 Å². The lowest BCUT2D eigenvalue weighted by Crippen LogP contribution is -2.35. The molecular formula is C16H12F2N2O3. The van der Waals surface area contributed by atoms with Crippen LogP contribution in [0.25, 0.3) is 10.9 Å². The van der Waals surface area contributed by atoms with E-state index in [2.05, 4.69) is 4.98 Å². The van der Waals surface area contributed by atoms with Gasteiger partial charge in [-0.3, -0.25) is 9.36 Å². The van der Waals surface area contributed by atoms with Crippen LogP contribution in [-0.4, -0.2) is 16.7 Å². The van der Waals surface area contributed by atoms with Gasteiger partial charge in [-0.15, -0.1) is 0 Å². The van der Waals surface area contributed by atoms with Crippen LogP contribution >= 0.6 is 0 Å². The molecule has 0 unspecified atom stereocenters. The predicted octanol–water partition coefficient (Wildman–Crippen LogP) is 2.02. The van der Waals surface area contributed by atoms with Crippen LogP contribution in [0.2, 0.25) is 0 Å². The molecule has 0 aliphatic carbocycles. The molecule has 2 aromatic carbocycles. The Balaban J connectivity index is 2.12. The summed E-state index contributed by atoms with van der Waals surface area (Å²) in [6.45, 7) is 0.00704. The molecule has 0 fully saturated rings. The molecule has 1 aromatic heterocycles. The molecule has 118 valence electrons. The minimum atomic E-state index is -1.24. The van der Waals surface area contributed by atoms with E-state index in [1.165, 1.54) is 7.11 Å². The lowest BCUT2D eigenvalue weighted by molar-refractivity contribution is 0.414. The molecule has 0 spiro atoms. The van der Waals surface area contributed by atoms with Crippen LogP contribution in [0.4, 0.5) is 8.78 Å². The lowest BCUT2D eigenvalue weighted by Gasteiger charge is -2.08. The molecule has 1 N–H and O–H groups in total. The number of aromatic amines is 1. The number of benzene rings is 2. The highest BCUT2D eigenvalue weighted by molar-refractivity contribution is 5.77. The van der Waals surface area contributed by atoms with Crippen molar-refractivity contribution in [3.8, 4) is 5.75 Å². The maximum atomic E-state index is 13.7. The molecule has 0 amide bonds. The van der Waals surface area contributed by atoms with Gasteiger partial charge >= 0.3 is 5.69 Å². The highest BCUT2D eigenvalue weighted by atomic mass is 19.2. The molecule has 0 radical (unpaired) electrons. The Kier molecular flexibility index (Phi) is 3.69. The average Bonchev–Trinajstić information content (AvgIpc) is 2.56. The molecule has 0 bridgehead atoms. The van der Waals surface area contributed by atoms with Crippen LogP contribution in [0, 0.1) is 11.6 Å². The second kappa shape index (κ2) is 5.68. The molecule has 0 atom stereocenters. The summed E-state index contributed by atoms with van der Waals surface area (Å²) >= 11 is 0. The molecule has 1 heterocycles. The third kappa shape index (κ3) is 2.61. The SMILES string of the molecule is COc1ccc(Cn2c(=O)[nH]c3c(F)c(F)ccc3c2=O)cc1. The van der Waals surface area contributed by atoms with Gasteiger partial charge < -0.3 is 9.72 Å². The summed E-state index contributed by atoms with van der Waals surface area (Å²) in [6, 6.07) is 8.82. The van der Waals surface area contributed by atoms with Gasteiger partial charge in [0.15, 0.2) is 11.6 Å². The smallest absolute Gasteiger partial charge is 0.329 e. The van der Waals surface area contributed by atoms with Crippen LogP contribution in [0.15, 0.2) is 46.0 Å². The fourth-order valence-electron chi connectivity index (χ4n) is 2.32. The van der Waals surface area contributed by atoms with Gasteiger partial charge in [0.05, 0.1) is 24.6 Å². The van der Waals surface area contributed by atoms with Gasteiger partial charge in [-0.1, -0.05) is 12.1 Å². The van der Waals surface area contributed by atoms with E-state index in [-0.39, 0.29) is 11.9 Å². The van der Waals surface area contributed by atoms with E-state index in [9.17, 15) is 18.4 Å². The van der Waals surface area contributed by atoms with Crippen LogP contribution in [0.5, 0.6) is 5.75 Å². The van der Waals surface area contributed by atoms with Crippen molar-refractivity contribution in [3.63, 3.8) is 0 Å². The fourth-order valence-corrected chi connectivity index (χ4v) is 2.32. The largest absolute Gasteiger partial charge is 0.497 e. The molecule has 3 aromatic rings. The number of hydrogen-bond donors (Lipinski definition) is 1. The Morgan fingerprint density at radius 2 is 1.78 bits per heavy atom. The fraction of sp³-hybridized carbons (Fsp3) is 0.125. The van der Waals surface area contributed by atoms with E-state index >= 15 is 0 Å². The van der Waals surface area contributed by atoms with Crippen LogP contribution in [0.1, 0.15) is 5.56 Å². The first-order valence-corrected chi connectivity index (χ1v) is 6.75. The van der Waals surface area contributed by atoms with E-state index in [4.69, 9.17) is 4.74 Å². The molecule has 5 nitrogen and oxygen atoms in total. The Morgan fingerprint density at radius 1 is 1.09 bits per heavy atom. The van der Waals surface area contributed by atoms with E-state index in [0.29, 0.717) is 11.3 Å². The molecule has 0 aliphatic heterocycles. The van der Waals surface area contributed by atoms with Crippen molar-refractivity contribution >= 4 is 10.9 Å². The molecule has 23 heavy (non-hydrogen) atoms. The number of fused-ring (bicyclic) bond motifs is 1. The van der Waals surface area contributed by atoms with Crippen LogP contribution in [0.3, 0.4) is 0 Å². The third-order valence-corrected chi connectivity index (χ3v) is 3.55. The van der Waals surface area contributed by atoms with Gasteiger partial charge in [0.25, 0.3) is 5.56 Å². The first-order valence-electron chi connectivity index (χ1n) is 6.75. The van der Waals surface area contributed by atoms with Crippen molar-refractivity contribution in [2.75, 3.05) is 7.11 Å². The Labute approximate surface area is 128 Å². The first-order chi connectivity index (χ1) is 11.0. The average molecular weight is 318 g/mol. The predicted molar refractivity (Wildman–Crippen MR) is 80.8 cm³/mol. The van der Waals surface area contributed by atoms with Crippen molar-refractivity contribution in [3.05, 3.63) is 74.4 Å². The maximum Gasteiger partial charge on any atom is 0.329 e. The standard InChI is InChI=1S/C16H12F2N2O3/c1-23-10-4-2-9(3-5-10)8-20-15(21)11-6-7-12(17)13(18)14(11)19-16(20)22/h2-7H,8H2,1H3,(H,19,22). The van der Waals surface area contributed by atoms with E-state index in [1.54, 1.807) is 24.3 Å². The Bertz CT molecular complexity index is 991. The highest BCUT2D eigenvalue weighted by Gasteiger charge is 2.14. The lowest BCUT2D eigenvalue weighted by atomic mass is 10.2. The van der Waals surface area contributed by atoms with Crippen molar-refractivity contribution in [2.45, 2.75) is 6.54 Å². The van der Waals surface area contributed by atoms with Crippen LogP contribution in [-0.2, 0) is 6.54 Å². The molecule has 0 saturated carbocycles. The molecule has 7 heteroatoms. The summed E-state index contributed by atoms with van der Waals surface area (Å²) in [5.74, 6) is -1.72. The Morgan fingerprint density at radius 3 is 2.43 bits per heavy atom. The van der Waals surface area contributed by atoms with Gasteiger partial charge in [0.1, 0.15) is 5.75 Å². The summed E-state index contributed by atoms with van der Waals surface area (Å²) in [5.41, 5.74) is -1.22. The minimum Gasteiger partial charge on any atom is -0.497 e. The zero-order valence-electron chi connectivity index (χ0n) is 12.1. The second-order valence-corrected chi connectivity index (χ2v) is 4.95. The number of methoxy groups -OCH3 is 1. The van der Waals surface area contributed by atoms with Gasteiger partial charge in [0.2, 0.25) is 0 Å². The third-order valence-electron chi connectivity index (χ3n) is 3.55. The van der Waals surface area contributed by atoms with Gasteiger partial charge in [0, 0.05) is 0 Å². The zero-order chi connectivity index (χ0) is 16.6. The summed E-state index contributed by atoms with van der Waals surface area (Å²) < 4.78 is 32.9. The molecular weight excluding hydrogens is 306 g/mol. The highest BCUT2D eigenvalue weighted by Crippen LogP contribution is 2.15. The van der Waals surface area contributed by atoms with Gasteiger partial charge in [-0.05, 0) is 29.8 Å². The minimum absolute atomic E-state index is 0.00704. The second-order valence-electron chi connectivity index (χ2n) is 4.95. The number of nitrogens with zero attached hydrogens (tertiary/aromatic N) is 1. The quantitative estimate of drug-likeness (QED) is 0.803. The van der Waals surface area contributed by atoms with Crippen molar-refractivity contribution < 1.29 is 13.5 Å². The molecule has 0 aliphatic rings.